The Kier molecular flexibility index (Phi) is 6.52. The van der Waals surface area contributed by atoms with Gasteiger partial charge in [0, 0.05) is 11.1 Å². The van der Waals surface area contributed by atoms with E-state index in [-0.39, 0.29) is 41.6 Å². The van der Waals surface area contributed by atoms with E-state index < -0.39 is 11.6 Å². The number of halogens is 3. The van der Waals surface area contributed by atoms with Crippen molar-refractivity contribution in [1.82, 2.24) is 4.57 Å². The summed E-state index contributed by atoms with van der Waals surface area (Å²) in [6, 6.07) is 10.7. The van der Waals surface area contributed by atoms with Crippen molar-refractivity contribution in [3.8, 4) is 0 Å². The molecule has 1 aromatic heterocycles. The van der Waals surface area contributed by atoms with Crippen LogP contribution in [0.5, 0.6) is 0 Å². The lowest BCUT2D eigenvalue weighted by molar-refractivity contribution is -0.682. The largest absolute Gasteiger partial charge is 1.00 e. The van der Waals surface area contributed by atoms with Crippen LogP contribution in [0.4, 0.5) is 8.78 Å². The Bertz CT molecular complexity index is 832. The summed E-state index contributed by atoms with van der Waals surface area (Å²) < 4.78 is 29.1. The molecular formula is C19H15BrF2N2O2. The van der Waals surface area contributed by atoms with Crippen LogP contribution in [0.15, 0.2) is 67.3 Å². The zero-order valence-electron chi connectivity index (χ0n) is 13.6. The lowest BCUT2D eigenvalue weighted by Gasteiger charge is -1.99. The van der Waals surface area contributed by atoms with Gasteiger partial charge >= 0.3 is 0 Å². The average molecular weight is 421 g/mol. The Morgan fingerprint density at radius 2 is 1.35 bits per heavy atom. The molecule has 2 aromatic carbocycles. The van der Waals surface area contributed by atoms with Crippen LogP contribution in [0.1, 0.15) is 20.7 Å². The standard InChI is InChI=1S/C19H15F2N2O2.BrH/c20-16-5-1-14(2-6-16)18(24)11-22-9-10-23(13-22)12-19(25)15-3-7-17(21)8-4-15;/h1-10,13H,11-12H2;1H/q+1;/p-1. The van der Waals surface area contributed by atoms with Crippen LogP contribution >= 0.6 is 0 Å². The first-order chi connectivity index (χ1) is 12.0. The molecule has 0 N–H and O–H groups in total. The number of benzene rings is 2. The smallest absolute Gasteiger partial charge is 0.244 e. The summed E-state index contributed by atoms with van der Waals surface area (Å²) in [5, 5.41) is 0. The van der Waals surface area contributed by atoms with Gasteiger partial charge in [-0.1, -0.05) is 0 Å². The number of imidazole rings is 1. The van der Waals surface area contributed by atoms with Crippen molar-refractivity contribution in [1.29, 1.82) is 0 Å². The van der Waals surface area contributed by atoms with E-state index in [4.69, 9.17) is 0 Å². The molecule has 0 bridgehead atoms. The highest BCUT2D eigenvalue weighted by Gasteiger charge is 2.14. The van der Waals surface area contributed by atoms with Crippen molar-refractivity contribution in [3.05, 3.63) is 90.0 Å². The second-order valence-electron chi connectivity index (χ2n) is 5.62. The van der Waals surface area contributed by atoms with E-state index in [0.717, 1.165) is 0 Å². The molecule has 4 nitrogen and oxygen atoms in total. The van der Waals surface area contributed by atoms with Gasteiger partial charge in [-0.25, -0.2) is 17.9 Å². The fourth-order valence-electron chi connectivity index (χ4n) is 2.41. The van der Waals surface area contributed by atoms with Crippen molar-refractivity contribution in [3.63, 3.8) is 0 Å². The number of carbonyl (C=O) groups excluding carboxylic acids is 2. The highest BCUT2D eigenvalue weighted by Crippen LogP contribution is 2.06. The Balaban J connectivity index is 0.00000243. The third-order valence-corrected chi connectivity index (χ3v) is 3.73. The van der Waals surface area contributed by atoms with E-state index in [9.17, 15) is 18.4 Å². The summed E-state index contributed by atoms with van der Waals surface area (Å²) in [6.45, 7) is 0.173. The molecule has 3 rings (SSSR count). The summed E-state index contributed by atoms with van der Waals surface area (Å²) in [7, 11) is 0. The number of ketones is 2. The monoisotopic (exact) mass is 420 g/mol. The highest BCUT2D eigenvalue weighted by molar-refractivity contribution is 5.96. The maximum Gasteiger partial charge on any atom is 0.244 e. The molecule has 0 atom stereocenters. The van der Waals surface area contributed by atoms with Gasteiger partial charge in [0.05, 0.1) is 0 Å². The fourth-order valence-corrected chi connectivity index (χ4v) is 2.41. The van der Waals surface area contributed by atoms with Crippen LogP contribution in [-0.2, 0) is 13.1 Å². The molecule has 0 spiro atoms. The van der Waals surface area contributed by atoms with Crippen molar-refractivity contribution in [2.45, 2.75) is 13.1 Å². The summed E-state index contributed by atoms with van der Waals surface area (Å²) >= 11 is 0. The first-order valence-corrected chi connectivity index (χ1v) is 7.63. The molecule has 0 amide bonds. The highest BCUT2D eigenvalue weighted by atomic mass is 79.9. The average Bonchev–Trinajstić information content (AvgIpc) is 3.02. The van der Waals surface area contributed by atoms with Crippen molar-refractivity contribution in [2.75, 3.05) is 0 Å². The number of carbonyl (C=O) groups is 2. The van der Waals surface area contributed by atoms with Crippen molar-refractivity contribution >= 4 is 11.6 Å². The Morgan fingerprint density at radius 1 is 0.846 bits per heavy atom. The molecule has 7 heteroatoms. The molecule has 26 heavy (non-hydrogen) atoms. The maximum absolute atomic E-state index is 12.9. The van der Waals surface area contributed by atoms with E-state index >= 15 is 0 Å². The molecular weight excluding hydrogens is 406 g/mol. The molecule has 3 aromatic rings. The fraction of sp³-hybridized carbons (Fsp3) is 0.105. The third kappa shape index (κ3) is 4.92. The minimum absolute atomic E-state index is 0. The van der Waals surface area contributed by atoms with Gasteiger partial charge in [-0.05, 0) is 48.5 Å². The van der Waals surface area contributed by atoms with Crippen LogP contribution in [-0.4, -0.2) is 16.1 Å². The molecule has 0 unspecified atom stereocenters. The Hall–Kier alpha value is -2.67. The summed E-state index contributed by atoms with van der Waals surface area (Å²) in [5.41, 5.74) is 0.841. The molecule has 0 fully saturated rings. The second kappa shape index (κ2) is 8.62. The molecule has 1 heterocycles. The van der Waals surface area contributed by atoms with Gasteiger partial charge in [-0.2, -0.15) is 0 Å². The number of Topliss-reactive ketones (excluding diaryl/α,β-unsaturated/α-hetero) is 2. The van der Waals surface area contributed by atoms with Crippen LogP contribution in [0.2, 0.25) is 0 Å². The zero-order valence-corrected chi connectivity index (χ0v) is 15.2. The van der Waals surface area contributed by atoms with E-state index in [1.807, 2.05) is 0 Å². The topological polar surface area (TPSA) is 43.0 Å². The molecule has 0 aliphatic rings. The number of nitrogens with zero attached hydrogens (tertiary/aromatic N) is 2. The minimum atomic E-state index is -0.394. The minimum Gasteiger partial charge on any atom is -1.00 e. The zero-order chi connectivity index (χ0) is 17.8. The molecule has 0 radical (unpaired) electrons. The van der Waals surface area contributed by atoms with E-state index in [0.29, 0.717) is 11.1 Å². The van der Waals surface area contributed by atoms with Crippen LogP contribution in [0.25, 0.3) is 0 Å². The summed E-state index contributed by atoms with van der Waals surface area (Å²) in [6.07, 6.45) is 5.00. The first kappa shape index (κ1) is 19.7. The molecule has 0 aliphatic carbocycles. The Labute approximate surface area is 159 Å². The van der Waals surface area contributed by atoms with Gasteiger partial charge in [0.15, 0.2) is 13.1 Å². The van der Waals surface area contributed by atoms with Crippen molar-refractivity contribution < 1.29 is 39.9 Å². The first-order valence-electron chi connectivity index (χ1n) is 7.63. The molecule has 0 aliphatic heterocycles. The van der Waals surface area contributed by atoms with Gasteiger partial charge in [0.1, 0.15) is 24.0 Å². The number of rotatable bonds is 6. The summed E-state index contributed by atoms with van der Waals surface area (Å²) in [4.78, 5) is 24.3. The Morgan fingerprint density at radius 3 is 1.88 bits per heavy atom. The second-order valence-corrected chi connectivity index (χ2v) is 5.62. The number of aromatic nitrogens is 2. The SMILES string of the molecule is O=C(Cn1cc[n+](CC(=O)c2ccc(F)cc2)c1)c1ccc(F)cc1.[Br-]. The number of hydrogen-bond acceptors (Lipinski definition) is 2. The van der Waals surface area contributed by atoms with E-state index in [1.165, 1.54) is 48.5 Å². The van der Waals surface area contributed by atoms with Gasteiger partial charge in [0.2, 0.25) is 17.9 Å². The number of hydrogen-bond donors (Lipinski definition) is 0. The lowest BCUT2D eigenvalue weighted by atomic mass is 10.1. The van der Waals surface area contributed by atoms with Crippen molar-refractivity contribution in [2.24, 2.45) is 0 Å². The maximum atomic E-state index is 12.9. The molecule has 0 saturated carbocycles. The quantitative estimate of drug-likeness (QED) is 0.410. The predicted octanol–water partition coefficient (Wildman–Crippen LogP) is -0.176. The predicted molar refractivity (Wildman–Crippen MR) is 86.1 cm³/mol. The summed E-state index contributed by atoms with van der Waals surface area (Å²) in [5.74, 6) is -1.11. The van der Waals surface area contributed by atoms with Gasteiger partial charge in [0.25, 0.3) is 0 Å². The third-order valence-electron chi connectivity index (χ3n) is 3.73. The van der Waals surface area contributed by atoms with Crippen LogP contribution in [0, 0.1) is 11.6 Å². The lowest BCUT2D eigenvalue weighted by Crippen LogP contribution is -3.00. The molecule has 0 saturated heterocycles. The molecule has 134 valence electrons. The van der Waals surface area contributed by atoms with Gasteiger partial charge < -0.3 is 17.0 Å². The van der Waals surface area contributed by atoms with Crippen LogP contribution in [0.3, 0.4) is 0 Å². The van der Waals surface area contributed by atoms with Gasteiger partial charge in [-0.15, -0.1) is 0 Å². The van der Waals surface area contributed by atoms with Crippen LogP contribution < -0.4 is 21.5 Å². The van der Waals surface area contributed by atoms with E-state index in [2.05, 4.69) is 0 Å². The van der Waals surface area contributed by atoms with E-state index in [1.54, 1.807) is 27.9 Å². The van der Waals surface area contributed by atoms with Gasteiger partial charge in [-0.3, -0.25) is 9.59 Å². The normalized spacial score (nSPS) is 10.2.